The van der Waals surface area contributed by atoms with Gasteiger partial charge in [0.25, 0.3) is 11.8 Å². The van der Waals surface area contributed by atoms with E-state index in [1.54, 1.807) is 19.1 Å². The van der Waals surface area contributed by atoms with Crippen LogP contribution in [0.1, 0.15) is 11.5 Å². The van der Waals surface area contributed by atoms with Crippen molar-refractivity contribution < 1.29 is 33.7 Å². The van der Waals surface area contributed by atoms with Crippen LogP contribution in [0.2, 0.25) is 0 Å². The number of aliphatic hydroxyl groups excluding tert-OH is 2. The fourth-order valence-electron chi connectivity index (χ4n) is 1.90. The highest BCUT2D eigenvalue weighted by molar-refractivity contribution is 6.21. The van der Waals surface area contributed by atoms with E-state index in [0.29, 0.717) is 11.5 Å². The Morgan fingerprint density at radius 3 is 1.96 bits per heavy atom. The molecule has 0 aliphatic rings. The van der Waals surface area contributed by atoms with Gasteiger partial charge in [-0.3, -0.25) is 9.59 Å². The molecule has 0 aliphatic carbocycles. The van der Waals surface area contributed by atoms with Crippen molar-refractivity contribution in [3.8, 4) is 0 Å². The summed E-state index contributed by atoms with van der Waals surface area (Å²) < 4.78 is 15.5. The number of nitrogens with one attached hydrogen (secondary N) is 2. The summed E-state index contributed by atoms with van der Waals surface area (Å²) >= 11 is 0. The number of amides is 2. The first-order chi connectivity index (χ1) is 12.6. The van der Waals surface area contributed by atoms with E-state index < -0.39 is 11.8 Å². The fraction of sp³-hybridized carbons (Fsp3) is 0.529. The second-order valence-corrected chi connectivity index (χ2v) is 5.19. The summed E-state index contributed by atoms with van der Waals surface area (Å²) in [6.45, 7) is 2.74. The Bertz CT molecular complexity index is 555. The molecule has 1 rings (SSSR count). The maximum Gasteiger partial charge on any atom is 0.257 e. The third-order valence-corrected chi connectivity index (χ3v) is 3.07. The first kappa shape index (κ1) is 21.8. The molecule has 2 amide bonds. The van der Waals surface area contributed by atoms with Crippen LogP contribution in [0.25, 0.3) is 6.08 Å². The lowest BCUT2D eigenvalue weighted by Crippen LogP contribution is -2.37. The maximum atomic E-state index is 12.3. The van der Waals surface area contributed by atoms with E-state index in [1.807, 2.05) is 0 Å². The molecule has 0 saturated heterocycles. The van der Waals surface area contributed by atoms with Gasteiger partial charge in [-0.25, -0.2) is 0 Å². The van der Waals surface area contributed by atoms with E-state index in [9.17, 15) is 9.59 Å². The zero-order chi connectivity index (χ0) is 19.2. The molecule has 9 nitrogen and oxygen atoms in total. The van der Waals surface area contributed by atoms with Gasteiger partial charge in [-0.15, -0.1) is 0 Å². The molecule has 4 N–H and O–H groups in total. The first-order valence-electron chi connectivity index (χ1n) is 8.30. The van der Waals surface area contributed by atoms with Gasteiger partial charge in [-0.1, -0.05) is 0 Å². The Morgan fingerprint density at radius 2 is 1.54 bits per heavy atom. The highest BCUT2D eigenvalue weighted by Gasteiger charge is 2.18. The second-order valence-electron chi connectivity index (χ2n) is 5.19. The van der Waals surface area contributed by atoms with E-state index in [4.69, 9.17) is 24.1 Å². The summed E-state index contributed by atoms with van der Waals surface area (Å²) in [6.07, 6.45) is 1.36. The monoisotopic (exact) mass is 370 g/mol. The van der Waals surface area contributed by atoms with E-state index in [2.05, 4.69) is 10.6 Å². The quantitative estimate of drug-likeness (QED) is 0.155. The van der Waals surface area contributed by atoms with Gasteiger partial charge in [-0.2, -0.15) is 0 Å². The van der Waals surface area contributed by atoms with Crippen molar-refractivity contribution in [1.29, 1.82) is 0 Å². The Morgan fingerprint density at radius 1 is 1.00 bits per heavy atom. The van der Waals surface area contributed by atoms with E-state index in [-0.39, 0.29) is 58.3 Å². The topological polar surface area (TPSA) is 130 Å². The van der Waals surface area contributed by atoms with Gasteiger partial charge in [0.15, 0.2) is 0 Å². The SMILES string of the molecule is Cc1ccc(C=C(C(=O)NCCOCCO)C(=O)NCCOCCO)o1. The van der Waals surface area contributed by atoms with Gasteiger partial charge in [-0.05, 0) is 25.1 Å². The molecule has 26 heavy (non-hydrogen) atoms. The van der Waals surface area contributed by atoms with Gasteiger partial charge >= 0.3 is 0 Å². The molecule has 0 bridgehead atoms. The van der Waals surface area contributed by atoms with Crippen LogP contribution >= 0.6 is 0 Å². The molecule has 9 heteroatoms. The Kier molecular flexibility index (Phi) is 11.0. The van der Waals surface area contributed by atoms with Crippen LogP contribution in [0.3, 0.4) is 0 Å². The third kappa shape index (κ3) is 8.77. The van der Waals surface area contributed by atoms with E-state index >= 15 is 0 Å². The number of hydrogen-bond acceptors (Lipinski definition) is 7. The first-order valence-corrected chi connectivity index (χ1v) is 8.30. The number of carbonyl (C=O) groups excluding carboxylic acids is 2. The van der Waals surface area contributed by atoms with Crippen LogP contribution in [0, 0.1) is 6.92 Å². The summed E-state index contributed by atoms with van der Waals surface area (Å²) in [7, 11) is 0. The smallest absolute Gasteiger partial charge is 0.257 e. The predicted molar refractivity (Wildman–Crippen MR) is 93.3 cm³/mol. The van der Waals surface area contributed by atoms with Crippen molar-refractivity contribution in [2.45, 2.75) is 6.92 Å². The van der Waals surface area contributed by atoms with Crippen LogP contribution in [0.4, 0.5) is 0 Å². The van der Waals surface area contributed by atoms with Crippen molar-refractivity contribution in [1.82, 2.24) is 10.6 Å². The number of hydrogen-bond donors (Lipinski definition) is 4. The largest absolute Gasteiger partial charge is 0.462 e. The van der Waals surface area contributed by atoms with E-state index in [0.717, 1.165) is 0 Å². The minimum atomic E-state index is -0.569. The van der Waals surface area contributed by atoms with Crippen LogP contribution in [0.15, 0.2) is 22.1 Å². The molecular formula is C17H26N2O7. The van der Waals surface area contributed by atoms with Gasteiger partial charge in [0.2, 0.25) is 0 Å². The fourth-order valence-corrected chi connectivity index (χ4v) is 1.90. The molecule has 146 valence electrons. The number of aryl methyl sites for hydroxylation is 1. The summed E-state index contributed by atoms with van der Waals surface area (Å²) in [5.41, 5.74) is -0.108. The molecule has 0 spiro atoms. The Labute approximate surface area is 152 Å². The molecule has 0 atom stereocenters. The van der Waals surface area contributed by atoms with Gasteiger partial charge in [0.1, 0.15) is 17.1 Å². The molecule has 0 saturated carbocycles. The predicted octanol–water partition coefficient (Wildman–Crippen LogP) is -0.778. The van der Waals surface area contributed by atoms with Gasteiger partial charge in [0.05, 0.1) is 39.6 Å². The lowest BCUT2D eigenvalue weighted by atomic mass is 10.2. The molecule has 0 fully saturated rings. The lowest BCUT2D eigenvalue weighted by molar-refractivity contribution is -0.123. The van der Waals surface area contributed by atoms with Crippen LogP contribution in [0.5, 0.6) is 0 Å². The normalized spacial score (nSPS) is 10.4. The van der Waals surface area contributed by atoms with Crippen LogP contribution in [-0.2, 0) is 19.1 Å². The van der Waals surface area contributed by atoms with Crippen LogP contribution in [-0.4, -0.2) is 74.8 Å². The average molecular weight is 370 g/mol. The summed E-state index contributed by atoms with van der Waals surface area (Å²) in [6, 6.07) is 3.38. The number of rotatable bonds is 13. The number of ether oxygens (including phenoxy) is 2. The number of carbonyl (C=O) groups is 2. The zero-order valence-corrected chi connectivity index (χ0v) is 14.8. The Hall–Kier alpha value is -2.20. The van der Waals surface area contributed by atoms with Crippen LogP contribution < -0.4 is 10.6 Å². The van der Waals surface area contributed by atoms with Crippen molar-refractivity contribution in [2.24, 2.45) is 0 Å². The average Bonchev–Trinajstić information content (AvgIpc) is 3.04. The minimum Gasteiger partial charge on any atom is -0.462 e. The molecular weight excluding hydrogens is 344 g/mol. The highest BCUT2D eigenvalue weighted by Crippen LogP contribution is 2.11. The second kappa shape index (κ2) is 13.1. The molecule has 0 radical (unpaired) electrons. The third-order valence-electron chi connectivity index (χ3n) is 3.07. The summed E-state index contributed by atoms with van der Waals surface area (Å²) in [5.74, 6) is -0.0945. The number of aliphatic hydroxyl groups is 2. The van der Waals surface area contributed by atoms with Crippen molar-refractivity contribution in [3.05, 3.63) is 29.2 Å². The van der Waals surface area contributed by atoms with Crippen molar-refractivity contribution in [3.63, 3.8) is 0 Å². The molecule has 0 aliphatic heterocycles. The summed E-state index contributed by atoms with van der Waals surface area (Å²) in [4.78, 5) is 24.6. The lowest BCUT2D eigenvalue weighted by Gasteiger charge is -2.10. The molecule has 1 heterocycles. The molecule has 1 aromatic rings. The van der Waals surface area contributed by atoms with Gasteiger partial charge < -0.3 is 34.7 Å². The molecule has 0 unspecified atom stereocenters. The molecule has 1 aromatic heterocycles. The Balaban J connectivity index is 2.65. The van der Waals surface area contributed by atoms with Crippen molar-refractivity contribution in [2.75, 3.05) is 52.7 Å². The standard InChI is InChI=1S/C17H26N2O7/c1-13-2-3-14(26-13)12-15(16(22)18-4-8-24-10-6-20)17(23)19-5-9-25-11-7-21/h2-3,12,20-21H,4-11H2,1H3,(H,18,22)(H,19,23). The van der Waals surface area contributed by atoms with Gasteiger partial charge in [0, 0.05) is 13.1 Å². The summed E-state index contributed by atoms with van der Waals surface area (Å²) in [5, 5.41) is 22.4. The van der Waals surface area contributed by atoms with Crippen molar-refractivity contribution >= 4 is 17.9 Å². The highest BCUT2D eigenvalue weighted by atomic mass is 16.5. The minimum absolute atomic E-state index is 0.0995. The zero-order valence-electron chi connectivity index (χ0n) is 14.8. The molecule has 0 aromatic carbocycles. The maximum absolute atomic E-state index is 12.3. The van der Waals surface area contributed by atoms with E-state index in [1.165, 1.54) is 6.08 Å². The number of furan rings is 1.